The molecule has 3 nitrogen and oxygen atoms in total. The molecule has 2 rings (SSSR count). The average Bonchev–Trinajstić information content (AvgIpc) is 2.69. The molecule has 2 aromatic rings. The van der Waals surface area contributed by atoms with Crippen LogP contribution in [0.4, 0.5) is 0 Å². The zero-order valence-corrected chi connectivity index (χ0v) is 18.1. The second-order valence-electron chi connectivity index (χ2n) is 5.44. The van der Waals surface area contributed by atoms with E-state index in [1.54, 1.807) is 60.7 Å². The van der Waals surface area contributed by atoms with Crippen molar-refractivity contribution in [2.24, 2.45) is 0 Å². The second-order valence-corrected chi connectivity index (χ2v) is 5.44. The van der Waals surface area contributed by atoms with Crippen molar-refractivity contribution < 1.29 is 9.59 Å². The highest BCUT2D eigenvalue weighted by molar-refractivity contribution is 14.0. The third-order valence-corrected chi connectivity index (χ3v) is 4.01. The highest BCUT2D eigenvalue weighted by atomic mass is 127. The number of rotatable bonds is 7. The molecule has 0 aliphatic carbocycles. The minimum Gasteiger partial charge on any atom is -0.304 e. The van der Waals surface area contributed by atoms with E-state index in [1.165, 1.54) is 19.6 Å². The minimum absolute atomic E-state index is 0. The Morgan fingerprint density at radius 1 is 0.846 bits per heavy atom. The summed E-state index contributed by atoms with van der Waals surface area (Å²) in [6.45, 7) is 13.8. The van der Waals surface area contributed by atoms with Crippen molar-refractivity contribution in [3.8, 4) is 0 Å². The van der Waals surface area contributed by atoms with Crippen LogP contribution in [0.25, 0.3) is 6.08 Å². The lowest BCUT2D eigenvalue weighted by Gasteiger charge is -2.13. The molecular formula is C22H28INO2. The number of halogens is 1. The number of hydrogen-bond donors (Lipinski definition) is 0. The second kappa shape index (κ2) is 13.4. The molecule has 0 bridgehead atoms. The summed E-state index contributed by atoms with van der Waals surface area (Å²) < 4.78 is 0. The van der Waals surface area contributed by atoms with Crippen LogP contribution in [0.3, 0.4) is 0 Å². The summed E-state index contributed by atoms with van der Waals surface area (Å²) in [7, 11) is 0. The first-order valence-electron chi connectivity index (χ1n) is 8.66. The van der Waals surface area contributed by atoms with E-state index < -0.39 is 11.6 Å². The van der Waals surface area contributed by atoms with E-state index in [-0.39, 0.29) is 24.0 Å². The normalized spacial score (nSPS) is 9.54. The lowest BCUT2D eigenvalue weighted by molar-refractivity contribution is 0.0817. The number of Topliss-reactive ketones (excluding diaryl/α,β-unsaturated/α-hetero) is 2. The van der Waals surface area contributed by atoms with Gasteiger partial charge in [0.05, 0.1) is 0 Å². The van der Waals surface area contributed by atoms with Crippen molar-refractivity contribution in [1.82, 2.24) is 4.90 Å². The van der Waals surface area contributed by atoms with Crippen LogP contribution in [0.1, 0.15) is 47.1 Å². The largest absolute Gasteiger partial charge is 0.304 e. The summed E-state index contributed by atoms with van der Waals surface area (Å²) in [5.41, 5.74) is 1.47. The fourth-order valence-electron chi connectivity index (χ4n) is 2.40. The molecule has 0 unspecified atom stereocenters. The van der Waals surface area contributed by atoms with E-state index in [2.05, 4.69) is 32.3 Å². The smallest absolute Gasteiger partial charge is 0.234 e. The molecule has 0 aliphatic rings. The minimum atomic E-state index is -0.503. The van der Waals surface area contributed by atoms with Gasteiger partial charge in [-0.15, -0.1) is 24.0 Å². The quantitative estimate of drug-likeness (QED) is 0.314. The molecule has 0 aromatic heterocycles. The van der Waals surface area contributed by atoms with Gasteiger partial charge in [-0.2, -0.15) is 0 Å². The molecule has 4 heteroatoms. The first-order chi connectivity index (χ1) is 12.1. The number of ketones is 2. The topological polar surface area (TPSA) is 37.4 Å². The monoisotopic (exact) mass is 465 g/mol. The number of hydrogen-bond acceptors (Lipinski definition) is 3. The Labute approximate surface area is 174 Å². The molecule has 0 saturated carbocycles. The SMILES string of the molecule is C=Cc1ccccc1C(=O)C(=O)c1ccccc1.CCN(CC)CC.I. The van der Waals surface area contributed by atoms with Crippen LogP contribution in [0, 0.1) is 0 Å². The van der Waals surface area contributed by atoms with Crippen molar-refractivity contribution in [3.05, 3.63) is 77.9 Å². The summed E-state index contributed by atoms with van der Waals surface area (Å²) >= 11 is 0. The third kappa shape index (κ3) is 7.22. The van der Waals surface area contributed by atoms with Gasteiger partial charge < -0.3 is 4.90 Å². The summed E-state index contributed by atoms with van der Waals surface area (Å²) in [4.78, 5) is 26.5. The molecule has 0 fully saturated rings. The molecule has 0 atom stereocenters. The summed E-state index contributed by atoms with van der Waals surface area (Å²) in [6.07, 6.45) is 1.57. The Hall–Kier alpha value is -1.79. The Kier molecular flexibility index (Phi) is 12.5. The van der Waals surface area contributed by atoms with Gasteiger partial charge in [-0.1, -0.05) is 88.0 Å². The van der Waals surface area contributed by atoms with Crippen molar-refractivity contribution in [3.63, 3.8) is 0 Å². The number of carbonyl (C=O) groups excluding carboxylic acids is 2. The van der Waals surface area contributed by atoms with Crippen LogP contribution >= 0.6 is 24.0 Å². The van der Waals surface area contributed by atoms with Gasteiger partial charge in [0.25, 0.3) is 0 Å². The molecule has 0 spiro atoms. The van der Waals surface area contributed by atoms with Gasteiger partial charge in [-0.25, -0.2) is 0 Å². The van der Waals surface area contributed by atoms with Gasteiger partial charge in [0.2, 0.25) is 11.6 Å². The third-order valence-electron chi connectivity index (χ3n) is 4.01. The number of carbonyl (C=O) groups is 2. The van der Waals surface area contributed by atoms with E-state index in [4.69, 9.17) is 0 Å². The predicted octanol–water partition coefficient (Wildman–Crippen LogP) is 5.36. The highest BCUT2D eigenvalue weighted by Gasteiger charge is 2.19. The lowest BCUT2D eigenvalue weighted by atomic mass is 9.97. The fraction of sp³-hybridized carbons (Fsp3) is 0.273. The molecule has 0 saturated heterocycles. The molecule has 0 amide bonds. The highest BCUT2D eigenvalue weighted by Crippen LogP contribution is 2.13. The Morgan fingerprint density at radius 3 is 1.81 bits per heavy atom. The maximum absolute atomic E-state index is 12.1. The molecule has 26 heavy (non-hydrogen) atoms. The van der Waals surface area contributed by atoms with Crippen molar-refractivity contribution in [1.29, 1.82) is 0 Å². The molecule has 0 aliphatic heterocycles. The Morgan fingerprint density at radius 2 is 1.35 bits per heavy atom. The lowest BCUT2D eigenvalue weighted by Crippen LogP contribution is -2.21. The number of benzene rings is 2. The standard InChI is InChI=1S/C16H12O2.C6H15N.HI/c1-2-12-8-6-7-11-14(12)16(18)15(17)13-9-4-3-5-10-13;1-4-7(5-2)6-3;/h2-11H,1H2;4-6H2,1-3H3;1H. The van der Waals surface area contributed by atoms with Crippen LogP contribution in [0.15, 0.2) is 61.2 Å². The number of nitrogens with zero attached hydrogens (tertiary/aromatic N) is 1. The Bertz CT molecular complexity index is 689. The maximum atomic E-state index is 12.1. The van der Waals surface area contributed by atoms with Gasteiger partial charge >= 0.3 is 0 Å². The van der Waals surface area contributed by atoms with E-state index in [0.29, 0.717) is 16.7 Å². The fourth-order valence-corrected chi connectivity index (χ4v) is 2.40. The van der Waals surface area contributed by atoms with Gasteiger partial charge in [0.1, 0.15) is 0 Å². The summed E-state index contributed by atoms with van der Waals surface area (Å²) in [5.74, 6) is -0.999. The maximum Gasteiger partial charge on any atom is 0.234 e. The molecule has 2 aromatic carbocycles. The van der Waals surface area contributed by atoms with Gasteiger partial charge in [-0.05, 0) is 25.2 Å². The van der Waals surface area contributed by atoms with Crippen molar-refractivity contribution in [2.75, 3.05) is 19.6 Å². The van der Waals surface area contributed by atoms with Crippen LogP contribution in [0.5, 0.6) is 0 Å². The van der Waals surface area contributed by atoms with Crippen molar-refractivity contribution in [2.45, 2.75) is 20.8 Å². The van der Waals surface area contributed by atoms with Crippen LogP contribution in [-0.2, 0) is 0 Å². The molecular weight excluding hydrogens is 437 g/mol. The van der Waals surface area contributed by atoms with Gasteiger partial charge in [0, 0.05) is 11.1 Å². The first kappa shape index (κ1) is 24.2. The van der Waals surface area contributed by atoms with Gasteiger partial charge in [-0.3, -0.25) is 9.59 Å². The van der Waals surface area contributed by atoms with E-state index in [9.17, 15) is 9.59 Å². The average molecular weight is 465 g/mol. The summed E-state index contributed by atoms with van der Waals surface area (Å²) in [6, 6.07) is 15.5. The first-order valence-corrected chi connectivity index (χ1v) is 8.66. The molecule has 0 radical (unpaired) electrons. The molecule has 0 heterocycles. The predicted molar refractivity (Wildman–Crippen MR) is 121 cm³/mol. The summed E-state index contributed by atoms with van der Waals surface area (Å²) in [5, 5.41) is 0. The van der Waals surface area contributed by atoms with Crippen LogP contribution < -0.4 is 0 Å². The molecule has 0 N–H and O–H groups in total. The van der Waals surface area contributed by atoms with E-state index in [0.717, 1.165) is 0 Å². The Balaban J connectivity index is 0.000000673. The van der Waals surface area contributed by atoms with Crippen LogP contribution in [0.2, 0.25) is 0 Å². The van der Waals surface area contributed by atoms with Gasteiger partial charge in [0.15, 0.2) is 0 Å². The van der Waals surface area contributed by atoms with E-state index in [1.807, 2.05) is 0 Å². The zero-order chi connectivity index (χ0) is 18.7. The molecule has 140 valence electrons. The zero-order valence-electron chi connectivity index (χ0n) is 15.8. The van der Waals surface area contributed by atoms with Crippen molar-refractivity contribution >= 4 is 41.6 Å². The van der Waals surface area contributed by atoms with Crippen LogP contribution in [-0.4, -0.2) is 36.1 Å². The van der Waals surface area contributed by atoms with E-state index >= 15 is 0 Å².